The quantitative estimate of drug-likeness (QED) is 0.694. The normalized spacial score (nSPS) is 16.5. The molecular formula is C11H12N2O2. The Morgan fingerprint density at radius 3 is 2.73 bits per heavy atom. The maximum atomic E-state index is 11.6. The van der Waals surface area contributed by atoms with E-state index in [2.05, 4.69) is 5.32 Å². The number of amides is 2. The minimum absolute atomic E-state index is 0.0303. The summed E-state index contributed by atoms with van der Waals surface area (Å²) in [5.41, 5.74) is 1.44. The molecule has 1 aromatic rings. The molecule has 1 aliphatic rings. The molecule has 0 fully saturated rings. The number of fused-ring (bicyclic) bond motifs is 1. The predicted octanol–water partition coefficient (Wildman–Crippen LogP) is 1.38. The molecule has 2 rings (SSSR count). The zero-order valence-electron chi connectivity index (χ0n) is 8.49. The first kappa shape index (κ1) is 9.71. The van der Waals surface area contributed by atoms with Crippen molar-refractivity contribution in [2.75, 3.05) is 17.3 Å². The van der Waals surface area contributed by atoms with Crippen LogP contribution < -0.4 is 10.2 Å². The van der Waals surface area contributed by atoms with E-state index in [1.807, 2.05) is 18.2 Å². The Hall–Kier alpha value is -1.84. The molecule has 0 saturated carbocycles. The minimum Gasteiger partial charge on any atom is -0.324 e. The van der Waals surface area contributed by atoms with Gasteiger partial charge in [-0.25, -0.2) is 0 Å². The minimum atomic E-state index is -0.107. The van der Waals surface area contributed by atoms with Crippen molar-refractivity contribution in [3.05, 3.63) is 24.3 Å². The highest BCUT2D eigenvalue weighted by atomic mass is 16.2. The molecule has 0 bridgehead atoms. The van der Waals surface area contributed by atoms with Gasteiger partial charge in [0.05, 0.1) is 11.4 Å². The van der Waals surface area contributed by atoms with Gasteiger partial charge in [-0.15, -0.1) is 0 Å². The number of para-hydroxylation sites is 2. The summed E-state index contributed by atoms with van der Waals surface area (Å²) in [6.45, 7) is 0. The third kappa shape index (κ3) is 1.83. The summed E-state index contributed by atoms with van der Waals surface area (Å²) in [5.74, 6) is -0.138. The maximum absolute atomic E-state index is 11.6. The topological polar surface area (TPSA) is 49.4 Å². The molecule has 1 aromatic carbocycles. The molecule has 15 heavy (non-hydrogen) atoms. The Labute approximate surface area is 87.9 Å². The van der Waals surface area contributed by atoms with Crippen LogP contribution in [-0.2, 0) is 9.59 Å². The number of benzene rings is 1. The molecule has 78 valence electrons. The van der Waals surface area contributed by atoms with Gasteiger partial charge in [0.2, 0.25) is 11.8 Å². The van der Waals surface area contributed by atoms with Crippen LogP contribution >= 0.6 is 0 Å². The molecule has 4 heteroatoms. The first-order valence-electron chi connectivity index (χ1n) is 4.84. The fraction of sp³-hybridized carbons (Fsp3) is 0.273. The van der Waals surface area contributed by atoms with Gasteiger partial charge in [0.25, 0.3) is 0 Å². The van der Waals surface area contributed by atoms with Crippen molar-refractivity contribution in [1.29, 1.82) is 0 Å². The second kappa shape index (κ2) is 3.73. The molecule has 0 aromatic heterocycles. The van der Waals surface area contributed by atoms with Crippen molar-refractivity contribution < 1.29 is 9.59 Å². The average Bonchev–Trinajstić information content (AvgIpc) is 2.24. The fourth-order valence-corrected chi connectivity index (χ4v) is 1.61. The predicted molar refractivity (Wildman–Crippen MR) is 57.7 cm³/mol. The second-order valence-electron chi connectivity index (χ2n) is 3.52. The lowest BCUT2D eigenvalue weighted by molar-refractivity contribution is -0.122. The van der Waals surface area contributed by atoms with E-state index in [1.165, 1.54) is 0 Å². The number of hydrogen-bond donors (Lipinski definition) is 1. The van der Waals surface area contributed by atoms with Crippen molar-refractivity contribution in [2.45, 2.75) is 12.8 Å². The first-order valence-corrected chi connectivity index (χ1v) is 4.84. The summed E-state index contributed by atoms with van der Waals surface area (Å²) in [5, 5.41) is 2.78. The lowest BCUT2D eigenvalue weighted by atomic mass is 10.1. The van der Waals surface area contributed by atoms with Crippen molar-refractivity contribution >= 4 is 23.2 Å². The fourth-order valence-electron chi connectivity index (χ4n) is 1.61. The Balaban J connectivity index is 2.46. The standard InChI is InChI=1S/C11H12N2O2/c1-13-9-5-3-2-4-8(9)12-10(14)6-7-11(13)15/h2-5H,6-7H2,1H3,(H,12,14). The average molecular weight is 204 g/mol. The number of rotatable bonds is 0. The second-order valence-corrected chi connectivity index (χ2v) is 3.52. The summed E-state index contributed by atoms with van der Waals surface area (Å²) in [6.07, 6.45) is 0.508. The smallest absolute Gasteiger partial charge is 0.227 e. The summed E-state index contributed by atoms with van der Waals surface area (Å²) in [6, 6.07) is 7.29. The van der Waals surface area contributed by atoms with E-state index >= 15 is 0 Å². The molecular weight excluding hydrogens is 192 g/mol. The van der Waals surface area contributed by atoms with Crippen molar-refractivity contribution in [2.24, 2.45) is 0 Å². The van der Waals surface area contributed by atoms with Gasteiger partial charge in [0, 0.05) is 19.9 Å². The lowest BCUT2D eigenvalue weighted by Gasteiger charge is -2.23. The third-order valence-electron chi connectivity index (χ3n) is 2.48. The van der Waals surface area contributed by atoms with Crippen LogP contribution in [0, 0.1) is 0 Å². The zero-order valence-corrected chi connectivity index (χ0v) is 8.49. The Kier molecular flexibility index (Phi) is 2.41. The van der Waals surface area contributed by atoms with E-state index in [4.69, 9.17) is 0 Å². The monoisotopic (exact) mass is 204 g/mol. The van der Waals surface area contributed by atoms with E-state index in [0.29, 0.717) is 5.69 Å². The molecule has 4 nitrogen and oxygen atoms in total. The van der Waals surface area contributed by atoms with Crippen LogP contribution in [-0.4, -0.2) is 18.9 Å². The van der Waals surface area contributed by atoms with Gasteiger partial charge < -0.3 is 10.2 Å². The van der Waals surface area contributed by atoms with Gasteiger partial charge in [0.15, 0.2) is 0 Å². The number of carbonyl (C=O) groups excluding carboxylic acids is 2. The van der Waals surface area contributed by atoms with Gasteiger partial charge in [-0.05, 0) is 12.1 Å². The Bertz CT molecular complexity index is 415. The van der Waals surface area contributed by atoms with Crippen LogP contribution in [0.15, 0.2) is 24.3 Å². The summed E-state index contributed by atoms with van der Waals surface area (Å²) < 4.78 is 0. The van der Waals surface area contributed by atoms with Crippen LogP contribution in [0.4, 0.5) is 11.4 Å². The first-order chi connectivity index (χ1) is 7.18. The summed E-state index contributed by atoms with van der Waals surface area (Å²) in [4.78, 5) is 24.6. The molecule has 0 spiro atoms. The van der Waals surface area contributed by atoms with Gasteiger partial charge in [-0.2, -0.15) is 0 Å². The molecule has 2 amide bonds. The van der Waals surface area contributed by atoms with E-state index in [9.17, 15) is 9.59 Å². The molecule has 1 heterocycles. The SMILES string of the molecule is CN1C(=O)CCC(=O)Nc2ccccc21. The number of nitrogens with zero attached hydrogens (tertiary/aromatic N) is 1. The molecule has 0 unspecified atom stereocenters. The molecule has 0 atom stereocenters. The molecule has 0 radical (unpaired) electrons. The molecule has 1 aliphatic heterocycles. The van der Waals surface area contributed by atoms with Crippen molar-refractivity contribution in [3.63, 3.8) is 0 Å². The highest BCUT2D eigenvalue weighted by Gasteiger charge is 2.19. The number of nitrogens with one attached hydrogen (secondary N) is 1. The van der Waals surface area contributed by atoms with Gasteiger partial charge in [0.1, 0.15) is 0 Å². The van der Waals surface area contributed by atoms with E-state index in [1.54, 1.807) is 18.0 Å². The van der Waals surface area contributed by atoms with Gasteiger partial charge in [-0.1, -0.05) is 12.1 Å². The van der Waals surface area contributed by atoms with Crippen molar-refractivity contribution in [1.82, 2.24) is 0 Å². The highest BCUT2D eigenvalue weighted by molar-refractivity contribution is 6.04. The van der Waals surface area contributed by atoms with Crippen molar-refractivity contribution in [3.8, 4) is 0 Å². The van der Waals surface area contributed by atoms with E-state index in [-0.39, 0.29) is 24.7 Å². The lowest BCUT2D eigenvalue weighted by Crippen LogP contribution is -2.30. The number of hydrogen-bond acceptors (Lipinski definition) is 2. The van der Waals surface area contributed by atoms with Gasteiger partial charge in [-0.3, -0.25) is 9.59 Å². The largest absolute Gasteiger partial charge is 0.324 e. The molecule has 1 N–H and O–H groups in total. The highest BCUT2D eigenvalue weighted by Crippen LogP contribution is 2.26. The molecule has 0 aliphatic carbocycles. The third-order valence-corrected chi connectivity index (χ3v) is 2.48. The van der Waals surface area contributed by atoms with Crippen LogP contribution in [0.1, 0.15) is 12.8 Å². The summed E-state index contributed by atoms with van der Waals surface area (Å²) >= 11 is 0. The van der Waals surface area contributed by atoms with Crippen LogP contribution in [0.5, 0.6) is 0 Å². The maximum Gasteiger partial charge on any atom is 0.227 e. The Morgan fingerprint density at radius 1 is 1.20 bits per heavy atom. The number of carbonyl (C=O) groups is 2. The number of anilines is 2. The van der Waals surface area contributed by atoms with E-state index in [0.717, 1.165) is 5.69 Å². The van der Waals surface area contributed by atoms with Crippen LogP contribution in [0.2, 0.25) is 0 Å². The summed E-state index contributed by atoms with van der Waals surface area (Å²) in [7, 11) is 1.72. The van der Waals surface area contributed by atoms with E-state index < -0.39 is 0 Å². The van der Waals surface area contributed by atoms with Crippen LogP contribution in [0.25, 0.3) is 0 Å². The van der Waals surface area contributed by atoms with Crippen LogP contribution in [0.3, 0.4) is 0 Å². The molecule has 0 saturated heterocycles. The zero-order chi connectivity index (χ0) is 10.8. The Morgan fingerprint density at radius 2 is 1.93 bits per heavy atom. The van der Waals surface area contributed by atoms with Gasteiger partial charge >= 0.3 is 0 Å².